The number of hydrogen-bond acceptors (Lipinski definition) is 7. The fraction of sp³-hybridized carbons (Fsp3) is 0.769. The van der Waals surface area contributed by atoms with Gasteiger partial charge in [0.25, 0.3) is 0 Å². The summed E-state index contributed by atoms with van der Waals surface area (Å²) in [5.74, 6) is 6.38. The molecule has 0 unspecified atom stereocenters. The Morgan fingerprint density at radius 2 is 2.05 bits per heavy atom. The first-order valence-electron chi connectivity index (χ1n) is 7.14. The fourth-order valence-corrected chi connectivity index (χ4v) is 2.37. The van der Waals surface area contributed by atoms with Crippen LogP contribution in [0.1, 0.15) is 40.0 Å². The van der Waals surface area contributed by atoms with Gasteiger partial charge in [0.15, 0.2) is 0 Å². The Labute approximate surface area is 119 Å². The molecule has 3 N–H and O–H groups in total. The molecule has 1 aromatic heterocycles. The lowest BCUT2D eigenvalue weighted by atomic mass is 9.85. The third kappa shape index (κ3) is 3.69. The van der Waals surface area contributed by atoms with Crippen LogP contribution in [0.4, 0.5) is 11.9 Å². The van der Waals surface area contributed by atoms with E-state index in [2.05, 4.69) is 39.1 Å². The van der Waals surface area contributed by atoms with E-state index in [1.54, 1.807) is 0 Å². The fourth-order valence-electron chi connectivity index (χ4n) is 2.37. The lowest BCUT2D eigenvalue weighted by Gasteiger charge is -2.23. The molecule has 1 fully saturated rings. The molecule has 20 heavy (non-hydrogen) atoms. The van der Waals surface area contributed by atoms with Gasteiger partial charge < -0.3 is 9.64 Å². The molecule has 112 valence electrons. The first kappa shape index (κ1) is 14.8. The van der Waals surface area contributed by atoms with Crippen molar-refractivity contribution >= 4 is 11.9 Å². The number of nitrogen functional groups attached to an aromatic ring is 1. The summed E-state index contributed by atoms with van der Waals surface area (Å²) in [6, 6.07) is 0.314. The van der Waals surface area contributed by atoms with Gasteiger partial charge in [0.05, 0.1) is 6.61 Å². The molecule has 1 aromatic rings. The van der Waals surface area contributed by atoms with Crippen LogP contribution in [-0.4, -0.2) is 34.6 Å². The molecule has 1 aliphatic heterocycles. The lowest BCUT2D eigenvalue weighted by molar-refractivity contribution is 0.311. The van der Waals surface area contributed by atoms with Gasteiger partial charge >= 0.3 is 6.01 Å². The normalized spacial score (nSPS) is 18.5. The van der Waals surface area contributed by atoms with Crippen molar-refractivity contribution in [3.05, 3.63) is 0 Å². The standard InChI is InChI=1S/C13H24N6O/c1-4-20-12-16-10(18-14)15-11(17-12)19-8-5-6-13(2,3)7-9-19/h4-9,14H2,1-3H3,(H,15,16,17,18). The van der Waals surface area contributed by atoms with Crippen LogP contribution in [0.25, 0.3) is 0 Å². The molecule has 0 radical (unpaired) electrons. The molecule has 0 amide bonds. The first-order valence-corrected chi connectivity index (χ1v) is 7.14. The van der Waals surface area contributed by atoms with Gasteiger partial charge in [-0.3, -0.25) is 5.43 Å². The minimum Gasteiger partial charge on any atom is -0.464 e. The lowest BCUT2D eigenvalue weighted by Crippen LogP contribution is -2.28. The summed E-state index contributed by atoms with van der Waals surface area (Å²) in [5, 5.41) is 0. The summed E-state index contributed by atoms with van der Waals surface area (Å²) in [6.45, 7) is 8.91. The maximum absolute atomic E-state index is 5.41. The van der Waals surface area contributed by atoms with Gasteiger partial charge in [-0.25, -0.2) is 5.84 Å². The highest BCUT2D eigenvalue weighted by Crippen LogP contribution is 2.31. The zero-order valence-electron chi connectivity index (χ0n) is 12.5. The van der Waals surface area contributed by atoms with Gasteiger partial charge in [0.1, 0.15) is 0 Å². The maximum Gasteiger partial charge on any atom is 0.323 e. The molecule has 1 saturated heterocycles. The molecular weight excluding hydrogens is 256 g/mol. The van der Waals surface area contributed by atoms with E-state index in [9.17, 15) is 0 Å². The Morgan fingerprint density at radius 1 is 1.25 bits per heavy atom. The highest BCUT2D eigenvalue weighted by atomic mass is 16.5. The third-order valence-electron chi connectivity index (χ3n) is 3.63. The Balaban J connectivity index is 2.20. The Kier molecular flexibility index (Phi) is 4.59. The van der Waals surface area contributed by atoms with Crippen molar-refractivity contribution in [2.75, 3.05) is 30.0 Å². The SMILES string of the molecule is CCOc1nc(NN)nc(N2CCCC(C)(C)CC2)n1. The van der Waals surface area contributed by atoms with Crippen LogP contribution < -0.4 is 20.9 Å². The van der Waals surface area contributed by atoms with Crippen molar-refractivity contribution in [2.24, 2.45) is 11.3 Å². The molecule has 2 heterocycles. The number of aromatic nitrogens is 3. The number of ether oxygens (including phenoxy) is 1. The second-order valence-electron chi connectivity index (χ2n) is 5.82. The predicted octanol–water partition coefficient (Wildman–Crippen LogP) is 1.57. The third-order valence-corrected chi connectivity index (χ3v) is 3.63. The summed E-state index contributed by atoms with van der Waals surface area (Å²) in [7, 11) is 0. The molecule has 0 aliphatic carbocycles. The average molecular weight is 280 g/mol. The number of nitrogens with zero attached hydrogens (tertiary/aromatic N) is 4. The summed E-state index contributed by atoms with van der Waals surface area (Å²) >= 11 is 0. The van der Waals surface area contributed by atoms with Gasteiger partial charge in [-0.1, -0.05) is 13.8 Å². The van der Waals surface area contributed by atoms with Gasteiger partial charge in [0, 0.05) is 13.1 Å². The zero-order valence-corrected chi connectivity index (χ0v) is 12.5. The van der Waals surface area contributed by atoms with E-state index in [4.69, 9.17) is 10.6 Å². The smallest absolute Gasteiger partial charge is 0.323 e. The Hall–Kier alpha value is -1.63. The van der Waals surface area contributed by atoms with Crippen LogP contribution in [-0.2, 0) is 0 Å². The second-order valence-corrected chi connectivity index (χ2v) is 5.82. The molecule has 0 atom stereocenters. The molecule has 0 aromatic carbocycles. The van der Waals surface area contributed by atoms with Crippen molar-refractivity contribution in [1.82, 2.24) is 15.0 Å². The van der Waals surface area contributed by atoms with Crippen molar-refractivity contribution in [3.63, 3.8) is 0 Å². The molecule has 0 saturated carbocycles. The van der Waals surface area contributed by atoms with Crippen LogP contribution >= 0.6 is 0 Å². The number of anilines is 2. The summed E-state index contributed by atoms with van der Waals surface area (Å²) in [5.41, 5.74) is 2.84. The van der Waals surface area contributed by atoms with Gasteiger partial charge in [-0.2, -0.15) is 15.0 Å². The molecule has 0 spiro atoms. The van der Waals surface area contributed by atoms with Gasteiger partial charge in [0.2, 0.25) is 11.9 Å². The Bertz CT molecular complexity index is 450. The van der Waals surface area contributed by atoms with Crippen LogP contribution in [0, 0.1) is 5.41 Å². The van der Waals surface area contributed by atoms with Gasteiger partial charge in [-0.15, -0.1) is 0 Å². The van der Waals surface area contributed by atoms with E-state index in [1.807, 2.05) is 6.92 Å². The van der Waals surface area contributed by atoms with Gasteiger partial charge in [-0.05, 0) is 31.6 Å². The van der Waals surface area contributed by atoms with Crippen molar-refractivity contribution in [3.8, 4) is 6.01 Å². The minimum atomic E-state index is 0.314. The molecule has 0 bridgehead atoms. The maximum atomic E-state index is 5.41. The number of hydrazine groups is 1. The monoisotopic (exact) mass is 280 g/mol. The highest BCUT2D eigenvalue weighted by molar-refractivity contribution is 5.37. The van der Waals surface area contributed by atoms with E-state index in [-0.39, 0.29) is 0 Å². The molecule has 2 rings (SSSR count). The molecule has 7 nitrogen and oxygen atoms in total. The van der Waals surface area contributed by atoms with Crippen LogP contribution in [0.15, 0.2) is 0 Å². The summed E-state index contributed by atoms with van der Waals surface area (Å²) in [6.07, 6.45) is 3.47. The number of nitrogens with two attached hydrogens (primary N) is 1. The van der Waals surface area contributed by atoms with Crippen molar-refractivity contribution in [1.29, 1.82) is 0 Å². The zero-order chi connectivity index (χ0) is 14.6. The van der Waals surface area contributed by atoms with Crippen LogP contribution in [0.2, 0.25) is 0 Å². The minimum absolute atomic E-state index is 0.314. The molecule has 7 heteroatoms. The molecular formula is C13H24N6O. The number of hydrogen-bond donors (Lipinski definition) is 2. The van der Waals surface area contributed by atoms with Crippen LogP contribution in [0.5, 0.6) is 6.01 Å². The van der Waals surface area contributed by atoms with E-state index in [1.165, 1.54) is 6.42 Å². The highest BCUT2D eigenvalue weighted by Gasteiger charge is 2.24. The number of nitrogens with one attached hydrogen (secondary N) is 1. The second kappa shape index (κ2) is 6.21. The average Bonchev–Trinajstić information content (AvgIpc) is 2.59. The summed E-state index contributed by atoms with van der Waals surface area (Å²) < 4.78 is 5.37. The van der Waals surface area contributed by atoms with E-state index < -0.39 is 0 Å². The quantitative estimate of drug-likeness (QED) is 0.639. The van der Waals surface area contributed by atoms with Crippen molar-refractivity contribution in [2.45, 2.75) is 40.0 Å². The van der Waals surface area contributed by atoms with Crippen molar-refractivity contribution < 1.29 is 4.74 Å². The topological polar surface area (TPSA) is 89.2 Å². The Morgan fingerprint density at radius 3 is 2.75 bits per heavy atom. The van der Waals surface area contributed by atoms with E-state index in [0.29, 0.717) is 29.9 Å². The predicted molar refractivity (Wildman–Crippen MR) is 78.7 cm³/mol. The largest absolute Gasteiger partial charge is 0.464 e. The first-order chi connectivity index (χ1) is 9.54. The molecule has 1 aliphatic rings. The van der Waals surface area contributed by atoms with E-state index in [0.717, 1.165) is 25.9 Å². The van der Waals surface area contributed by atoms with E-state index >= 15 is 0 Å². The van der Waals surface area contributed by atoms with Crippen LogP contribution in [0.3, 0.4) is 0 Å². The number of rotatable bonds is 4. The summed E-state index contributed by atoms with van der Waals surface area (Å²) in [4.78, 5) is 15.0.